The molecule has 3 heterocycles. The van der Waals surface area contributed by atoms with Gasteiger partial charge in [-0.05, 0) is 44.4 Å². The van der Waals surface area contributed by atoms with Gasteiger partial charge in [0, 0.05) is 11.3 Å². The molecule has 0 N–H and O–H groups in total. The molecule has 0 amide bonds. The molecule has 0 aliphatic rings. The number of fused-ring (bicyclic) bond motifs is 1. The average Bonchev–Trinajstić information content (AvgIpc) is 2.94. The number of aryl methyl sites for hydroxylation is 4. The maximum atomic E-state index is 13.2. The van der Waals surface area contributed by atoms with Crippen molar-refractivity contribution in [2.24, 2.45) is 0 Å². The van der Waals surface area contributed by atoms with E-state index in [-0.39, 0.29) is 11.6 Å². The van der Waals surface area contributed by atoms with Gasteiger partial charge in [-0.3, -0.25) is 4.40 Å². The smallest absolute Gasteiger partial charge is 0.356 e. The first-order valence-electron chi connectivity index (χ1n) is 8.96. The van der Waals surface area contributed by atoms with Gasteiger partial charge in [0.25, 0.3) is 5.95 Å². The Labute approximate surface area is 162 Å². The fourth-order valence-corrected chi connectivity index (χ4v) is 3.67. The fraction of sp³-hybridized carbons (Fsp3) is 0.238. The molecule has 1 aromatic carbocycles. The second-order valence-corrected chi connectivity index (χ2v) is 6.89. The molecule has 7 nitrogen and oxygen atoms in total. The van der Waals surface area contributed by atoms with Crippen LogP contribution >= 0.6 is 0 Å². The monoisotopic (exact) mass is 375 g/mol. The molecule has 0 bridgehead atoms. The third-order valence-corrected chi connectivity index (χ3v) is 5.06. The minimum absolute atomic E-state index is 0.200. The SMILES string of the molecule is COc1cnc(-n2ncc3c(C)c(-c4ccc(C)cc4C)c(C)n3c2=O)nc1. The molecule has 4 aromatic rings. The summed E-state index contributed by atoms with van der Waals surface area (Å²) in [5, 5.41) is 4.30. The second-order valence-electron chi connectivity index (χ2n) is 6.89. The van der Waals surface area contributed by atoms with Crippen molar-refractivity contribution in [3.05, 3.63) is 69.7 Å². The van der Waals surface area contributed by atoms with Crippen LogP contribution in [-0.2, 0) is 0 Å². The number of nitrogens with zero attached hydrogens (tertiary/aromatic N) is 5. The van der Waals surface area contributed by atoms with E-state index in [4.69, 9.17) is 4.74 Å². The number of ether oxygens (including phenoxy) is 1. The first-order valence-corrected chi connectivity index (χ1v) is 8.96. The van der Waals surface area contributed by atoms with Gasteiger partial charge in [-0.2, -0.15) is 5.10 Å². The molecule has 0 aliphatic carbocycles. The van der Waals surface area contributed by atoms with E-state index in [0.717, 1.165) is 27.9 Å². The summed E-state index contributed by atoms with van der Waals surface area (Å²) in [6.07, 6.45) is 4.70. The lowest BCUT2D eigenvalue weighted by Crippen LogP contribution is -2.29. The van der Waals surface area contributed by atoms with Gasteiger partial charge in [-0.1, -0.05) is 23.8 Å². The van der Waals surface area contributed by atoms with Crippen LogP contribution in [0.1, 0.15) is 22.4 Å². The first kappa shape index (κ1) is 17.9. The molecule has 142 valence electrons. The Kier molecular flexibility index (Phi) is 4.22. The zero-order chi connectivity index (χ0) is 20.0. The molecule has 0 saturated heterocycles. The van der Waals surface area contributed by atoms with E-state index >= 15 is 0 Å². The zero-order valence-electron chi connectivity index (χ0n) is 16.5. The van der Waals surface area contributed by atoms with E-state index in [9.17, 15) is 4.79 Å². The lowest BCUT2D eigenvalue weighted by molar-refractivity contribution is 0.410. The van der Waals surface area contributed by atoms with Crippen LogP contribution in [0.4, 0.5) is 0 Å². The van der Waals surface area contributed by atoms with Crippen molar-refractivity contribution in [2.75, 3.05) is 7.11 Å². The van der Waals surface area contributed by atoms with Crippen molar-refractivity contribution in [1.29, 1.82) is 0 Å². The Morgan fingerprint density at radius 3 is 2.36 bits per heavy atom. The normalized spacial score (nSPS) is 11.2. The molecule has 0 radical (unpaired) electrons. The summed E-state index contributed by atoms with van der Waals surface area (Å²) in [5.41, 5.74) is 6.93. The Morgan fingerprint density at radius 2 is 1.71 bits per heavy atom. The highest BCUT2D eigenvalue weighted by atomic mass is 16.5. The molecule has 0 aliphatic heterocycles. The van der Waals surface area contributed by atoms with Gasteiger partial charge in [0.2, 0.25) is 0 Å². The fourth-order valence-electron chi connectivity index (χ4n) is 3.67. The van der Waals surface area contributed by atoms with Crippen LogP contribution in [0.15, 0.2) is 41.6 Å². The summed E-state index contributed by atoms with van der Waals surface area (Å²) >= 11 is 0. The topological polar surface area (TPSA) is 74.3 Å². The number of methoxy groups -OCH3 is 1. The molecule has 0 spiro atoms. The van der Waals surface area contributed by atoms with Crippen LogP contribution in [0, 0.1) is 27.7 Å². The predicted molar refractivity (Wildman–Crippen MR) is 107 cm³/mol. The molecule has 0 fully saturated rings. The van der Waals surface area contributed by atoms with Crippen LogP contribution in [0.2, 0.25) is 0 Å². The van der Waals surface area contributed by atoms with E-state index < -0.39 is 0 Å². The van der Waals surface area contributed by atoms with E-state index in [0.29, 0.717) is 5.75 Å². The molecule has 0 saturated carbocycles. The van der Waals surface area contributed by atoms with Crippen LogP contribution in [0.3, 0.4) is 0 Å². The molecule has 0 atom stereocenters. The van der Waals surface area contributed by atoms with E-state index in [1.54, 1.807) is 10.6 Å². The van der Waals surface area contributed by atoms with Crippen molar-refractivity contribution in [1.82, 2.24) is 24.1 Å². The summed E-state index contributed by atoms with van der Waals surface area (Å²) < 4.78 is 7.94. The Hall–Kier alpha value is -3.48. The Morgan fingerprint density at radius 1 is 1.00 bits per heavy atom. The van der Waals surface area contributed by atoms with E-state index in [2.05, 4.69) is 47.1 Å². The van der Waals surface area contributed by atoms with Crippen LogP contribution in [-0.4, -0.2) is 31.3 Å². The molecule has 0 unspecified atom stereocenters. The minimum atomic E-state index is -0.306. The molecular formula is C21H21N5O2. The summed E-state index contributed by atoms with van der Waals surface area (Å²) in [7, 11) is 1.54. The van der Waals surface area contributed by atoms with Gasteiger partial charge < -0.3 is 4.74 Å². The lowest BCUT2D eigenvalue weighted by Gasteiger charge is -2.08. The highest BCUT2D eigenvalue weighted by Crippen LogP contribution is 2.33. The van der Waals surface area contributed by atoms with Crippen LogP contribution in [0.5, 0.6) is 5.75 Å². The summed E-state index contributed by atoms with van der Waals surface area (Å²) in [6, 6.07) is 6.35. The number of rotatable bonds is 3. The second kappa shape index (κ2) is 6.60. The van der Waals surface area contributed by atoms with Crippen molar-refractivity contribution >= 4 is 5.52 Å². The molecular weight excluding hydrogens is 354 g/mol. The van der Waals surface area contributed by atoms with Gasteiger partial charge in [0.15, 0.2) is 5.75 Å². The standard InChI is InChI=1S/C21H21N5O2/c1-12-6-7-17(13(2)8-12)19-14(3)18-11-24-26(21(27)25(18)15(19)4)20-22-9-16(28-5)10-23-20/h6-11H,1-5H3. The quantitative estimate of drug-likeness (QED) is 0.550. The van der Waals surface area contributed by atoms with Gasteiger partial charge in [0.05, 0.1) is 31.2 Å². The Balaban J connectivity index is 1.96. The van der Waals surface area contributed by atoms with Gasteiger partial charge in [-0.15, -0.1) is 4.68 Å². The summed E-state index contributed by atoms with van der Waals surface area (Å²) in [4.78, 5) is 21.6. The molecule has 3 aromatic heterocycles. The van der Waals surface area contributed by atoms with Crippen molar-refractivity contribution in [3.63, 3.8) is 0 Å². The highest BCUT2D eigenvalue weighted by molar-refractivity contribution is 5.80. The maximum Gasteiger partial charge on any atom is 0.356 e. The number of benzene rings is 1. The van der Waals surface area contributed by atoms with E-state index in [1.165, 1.54) is 35.3 Å². The van der Waals surface area contributed by atoms with Gasteiger partial charge in [-0.25, -0.2) is 14.8 Å². The average molecular weight is 375 g/mol. The van der Waals surface area contributed by atoms with Crippen LogP contribution in [0.25, 0.3) is 22.6 Å². The number of hydrogen-bond acceptors (Lipinski definition) is 5. The highest BCUT2D eigenvalue weighted by Gasteiger charge is 2.19. The number of aromatic nitrogens is 5. The molecule has 28 heavy (non-hydrogen) atoms. The predicted octanol–water partition coefficient (Wildman–Crippen LogP) is 3.18. The third-order valence-electron chi connectivity index (χ3n) is 5.06. The minimum Gasteiger partial charge on any atom is -0.494 e. The zero-order valence-corrected chi connectivity index (χ0v) is 16.5. The number of hydrogen-bond donors (Lipinski definition) is 0. The van der Waals surface area contributed by atoms with Crippen LogP contribution < -0.4 is 10.4 Å². The Bertz CT molecular complexity index is 1250. The molecule has 4 rings (SSSR count). The molecule has 7 heteroatoms. The lowest BCUT2D eigenvalue weighted by atomic mass is 9.96. The van der Waals surface area contributed by atoms with Gasteiger partial charge in [0.1, 0.15) is 0 Å². The van der Waals surface area contributed by atoms with E-state index in [1.807, 2.05) is 13.8 Å². The first-order chi connectivity index (χ1) is 13.4. The maximum absolute atomic E-state index is 13.2. The van der Waals surface area contributed by atoms with Crippen molar-refractivity contribution < 1.29 is 4.74 Å². The van der Waals surface area contributed by atoms with Crippen molar-refractivity contribution in [2.45, 2.75) is 27.7 Å². The van der Waals surface area contributed by atoms with Gasteiger partial charge >= 0.3 is 5.69 Å². The summed E-state index contributed by atoms with van der Waals surface area (Å²) in [5.74, 6) is 0.717. The van der Waals surface area contributed by atoms with Crippen molar-refractivity contribution in [3.8, 4) is 22.8 Å². The third kappa shape index (κ3) is 2.67. The largest absolute Gasteiger partial charge is 0.494 e. The summed E-state index contributed by atoms with van der Waals surface area (Å²) in [6.45, 7) is 8.14.